The number of carboxylic acids is 1. The van der Waals surface area contributed by atoms with Gasteiger partial charge < -0.3 is 14.7 Å². The fraction of sp³-hybridized carbons (Fsp3) is 0.556. The van der Waals surface area contributed by atoms with E-state index in [2.05, 4.69) is 15.5 Å². The van der Waals surface area contributed by atoms with Crippen LogP contribution in [0.4, 0.5) is 13.2 Å². The molecule has 1 unspecified atom stereocenters. The van der Waals surface area contributed by atoms with Crippen LogP contribution in [0, 0.1) is 6.92 Å². The van der Waals surface area contributed by atoms with Crippen LogP contribution in [-0.2, 0) is 23.2 Å². The Bertz CT molecular complexity index is 940. The number of aryl methyl sites for hydroxylation is 2. The number of rotatable bonds is 4. The number of hydrogen-bond donors (Lipinski definition) is 1. The van der Waals surface area contributed by atoms with Crippen molar-refractivity contribution in [2.24, 2.45) is 7.05 Å². The van der Waals surface area contributed by atoms with Crippen molar-refractivity contribution in [2.75, 3.05) is 18.8 Å². The highest BCUT2D eigenvalue weighted by Crippen LogP contribution is 2.46. The average Bonchev–Trinajstić information content (AvgIpc) is 3.37. The van der Waals surface area contributed by atoms with E-state index in [0.29, 0.717) is 12.3 Å². The summed E-state index contributed by atoms with van der Waals surface area (Å²) in [5.74, 6) is -1.73. The molecule has 0 aromatic carbocycles. The number of likely N-dealkylation sites (tertiary alicyclic amines) is 1. The Labute approximate surface area is 184 Å². The molecule has 0 saturated carbocycles. The highest BCUT2D eigenvalue weighted by molar-refractivity contribution is 8.01. The van der Waals surface area contributed by atoms with E-state index in [1.807, 2.05) is 30.6 Å². The van der Waals surface area contributed by atoms with Crippen LogP contribution in [0.2, 0.25) is 0 Å². The van der Waals surface area contributed by atoms with Gasteiger partial charge >= 0.3 is 12.1 Å². The highest BCUT2D eigenvalue weighted by Gasteiger charge is 2.51. The molecular formula is C18H21F3N4O4S2. The summed E-state index contributed by atoms with van der Waals surface area (Å²) in [6.07, 6.45) is -2.02. The summed E-state index contributed by atoms with van der Waals surface area (Å²) in [7, 11) is 1.83. The van der Waals surface area contributed by atoms with Crippen LogP contribution in [0.1, 0.15) is 27.6 Å². The second kappa shape index (κ2) is 9.17. The first kappa shape index (κ1) is 23.5. The summed E-state index contributed by atoms with van der Waals surface area (Å²) in [6, 6.07) is 1.77. The zero-order chi connectivity index (χ0) is 22.8. The third-order valence-electron chi connectivity index (χ3n) is 4.73. The van der Waals surface area contributed by atoms with Gasteiger partial charge in [0.25, 0.3) is 5.91 Å². The third-order valence-corrected chi connectivity index (χ3v) is 7.13. The van der Waals surface area contributed by atoms with Gasteiger partial charge in [-0.05, 0) is 19.4 Å². The van der Waals surface area contributed by atoms with E-state index >= 15 is 0 Å². The zero-order valence-corrected chi connectivity index (χ0v) is 18.4. The molecule has 1 spiro atoms. The number of carboxylic acid groups (broad SMARTS) is 1. The Hall–Kier alpha value is -2.12. The second-order valence-electron chi connectivity index (χ2n) is 7.33. The molecule has 170 valence electrons. The van der Waals surface area contributed by atoms with E-state index in [-0.39, 0.29) is 16.8 Å². The summed E-state index contributed by atoms with van der Waals surface area (Å²) in [5.41, 5.74) is 1.55. The Kier molecular flexibility index (Phi) is 6.96. The van der Waals surface area contributed by atoms with Gasteiger partial charge in [-0.15, -0.1) is 23.1 Å². The molecule has 1 amide bonds. The molecule has 1 atom stereocenters. The van der Waals surface area contributed by atoms with E-state index in [9.17, 15) is 18.0 Å². The predicted octanol–water partition coefficient (Wildman–Crippen LogP) is 2.74. The van der Waals surface area contributed by atoms with Gasteiger partial charge in [-0.2, -0.15) is 18.3 Å². The molecule has 4 heterocycles. The molecule has 1 N–H and O–H groups in total. The van der Waals surface area contributed by atoms with Crippen molar-refractivity contribution in [2.45, 2.75) is 37.0 Å². The van der Waals surface area contributed by atoms with Crippen molar-refractivity contribution < 1.29 is 32.6 Å². The topological polar surface area (TPSA) is 97.5 Å². The fourth-order valence-electron chi connectivity index (χ4n) is 3.29. The lowest BCUT2D eigenvalue weighted by Gasteiger charge is -2.47. The van der Waals surface area contributed by atoms with E-state index in [1.165, 1.54) is 0 Å². The van der Waals surface area contributed by atoms with Gasteiger partial charge in [-0.1, -0.05) is 0 Å². The van der Waals surface area contributed by atoms with Crippen LogP contribution in [0.15, 0.2) is 17.6 Å². The average molecular weight is 479 g/mol. The van der Waals surface area contributed by atoms with Crippen LogP contribution < -0.4 is 0 Å². The number of alkyl halides is 3. The van der Waals surface area contributed by atoms with Gasteiger partial charge in [0.1, 0.15) is 5.69 Å². The molecule has 0 bridgehead atoms. The number of thiazole rings is 1. The van der Waals surface area contributed by atoms with Gasteiger partial charge in [-0.25, -0.2) is 9.78 Å². The predicted molar refractivity (Wildman–Crippen MR) is 108 cm³/mol. The van der Waals surface area contributed by atoms with E-state index in [1.54, 1.807) is 28.3 Å². The van der Waals surface area contributed by atoms with Crippen molar-refractivity contribution >= 4 is 35.0 Å². The number of carbonyl (C=O) groups excluding carboxylic acids is 1. The Balaban J connectivity index is 0.000000339. The SMILES string of the molecule is Cc1nc(COC2CSC3(C2)CN(C(=O)c2ccn(C)n2)C3)cs1.O=C(O)C(F)(F)F. The maximum absolute atomic E-state index is 12.4. The number of aromatic nitrogens is 3. The standard InChI is InChI=1S/C16H20N4O2S2.C2HF3O2/c1-11-17-12(7-23-11)6-22-13-5-16(24-8-13)9-20(10-16)15(21)14-3-4-19(2)18-14;3-2(4,5)1(6)7/h3-4,7,13H,5-6,8-10H2,1-2H3;(H,6,7). The summed E-state index contributed by atoms with van der Waals surface area (Å²) in [4.78, 5) is 27.6. The van der Waals surface area contributed by atoms with Gasteiger partial charge in [0.15, 0.2) is 0 Å². The van der Waals surface area contributed by atoms with Crippen LogP contribution in [0.3, 0.4) is 0 Å². The maximum atomic E-state index is 12.4. The minimum atomic E-state index is -5.08. The molecule has 2 aromatic heterocycles. The Morgan fingerprint density at radius 2 is 2.06 bits per heavy atom. The van der Waals surface area contributed by atoms with Gasteiger partial charge in [0.05, 0.1) is 28.2 Å². The Morgan fingerprint density at radius 1 is 1.39 bits per heavy atom. The molecule has 13 heteroatoms. The van der Waals surface area contributed by atoms with E-state index in [0.717, 1.165) is 36.0 Å². The summed E-state index contributed by atoms with van der Waals surface area (Å²) in [6.45, 7) is 4.18. The van der Waals surface area contributed by atoms with Crippen molar-refractivity contribution in [1.82, 2.24) is 19.7 Å². The van der Waals surface area contributed by atoms with Gasteiger partial charge in [0.2, 0.25) is 0 Å². The van der Waals surface area contributed by atoms with Crippen molar-refractivity contribution in [3.05, 3.63) is 34.0 Å². The molecule has 2 aromatic rings. The second-order valence-corrected chi connectivity index (χ2v) is 9.88. The number of thioether (sulfide) groups is 1. The first-order valence-corrected chi connectivity index (χ1v) is 11.1. The lowest BCUT2D eigenvalue weighted by molar-refractivity contribution is -0.192. The summed E-state index contributed by atoms with van der Waals surface area (Å²) < 4.78 is 39.6. The molecule has 2 fully saturated rings. The number of carbonyl (C=O) groups is 2. The largest absolute Gasteiger partial charge is 0.490 e. The fourth-order valence-corrected chi connectivity index (χ4v) is 5.44. The van der Waals surface area contributed by atoms with Crippen LogP contribution >= 0.6 is 23.1 Å². The Morgan fingerprint density at radius 3 is 2.58 bits per heavy atom. The molecule has 2 aliphatic heterocycles. The molecule has 8 nitrogen and oxygen atoms in total. The number of hydrogen-bond acceptors (Lipinski definition) is 7. The van der Waals surface area contributed by atoms with Crippen molar-refractivity contribution in [1.29, 1.82) is 0 Å². The van der Waals surface area contributed by atoms with Crippen molar-refractivity contribution in [3.63, 3.8) is 0 Å². The van der Waals surface area contributed by atoms with Gasteiger partial charge in [0, 0.05) is 37.5 Å². The van der Waals surface area contributed by atoms with E-state index < -0.39 is 12.1 Å². The smallest absolute Gasteiger partial charge is 0.475 e. The lowest BCUT2D eigenvalue weighted by atomic mass is 9.92. The van der Waals surface area contributed by atoms with Crippen LogP contribution in [0.5, 0.6) is 0 Å². The minimum Gasteiger partial charge on any atom is -0.475 e. The highest BCUT2D eigenvalue weighted by atomic mass is 32.2. The first-order valence-electron chi connectivity index (χ1n) is 9.23. The monoisotopic (exact) mass is 478 g/mol. The summed E-state index contributed by atoms with van der Waals surface area (Å²) in [5, 5.41) is 14.5. The number of aliphatic carboxylic acids is 1. The number of nitrogens with zero attached hydrogens (tertiary/aromatic N) is 4. The van der Waals surface area contributed by atoms with Crippen molar-refractivity contribution in [3.8, 4) is 0 Å². The maximum Gasteiger partial charge on any atom is 0.490 e. The molecule has 2 saturated heterocycles. The number of ether oxygens (including phenoxy) is 1. The summed E-state index contributed by atoms with van der Waals surface area (Å²) >= 11 is 3.60. The third kappa shape index (κ3) is 5.98. The van der Waals surface area contributed by atoms with Crippen LogP contribution in [0.25, 0.3) is 0 Å². The minimum absolute atomic E-state index is 0.0316. The zero-order valence-electron chi connectivity index (χ0n) is 16.8. The molecule has 2 aliphatic rings. The lowest BCUT2D eigenvalue weighted by Crippen LogP contribution is -2.60. The quantitative estimate of drug-likeness (QED) is 0.722. The first-order chi connectivity index (χ1) is 14.5. The molecule has 0 radical (unpaired) electrons. The number of amides is 1. The molecule has 31 heavy (non-hydrogen) atoms. The van der Waals surface area contributed by atoms with Gasteiger partial charge in [-0.3, -0.25) is 9.48 Å². The number of halogens is 3. The molecule has 0 aliphatic carbocycles. The van der Waals surface area contributed by atoms with Crippen LogP contribution in [-0.4, -0.2) is 72.5 Å². The van der Waals surface area contributed by atoms with E-state index in [4.69, 9.17) is 14.6 Å². The molecular weight excluding hydrogens is 457 g/mol. The normalized spacial score (nSPS) is 19.6. The molecule has 4 rings (SSSR count).